The number of methoxy groups -OCH3 is 1. The molecule has 0 unspecified atom stereocenters. The lowest BCUT2D eigenvalue weighted by Crippen LogP contribution is -2.38. The third-order valence-corrected chi connectivity index (χ3v) is 5.32. The van der Waals surface area contributed by atoms with Crippen LogP contribution in [0.4, 0.5) is 0 Å². The highest BCUT2D eigenvalue weighted by Crippen LogP contribution is 2.20. The summed E-state index contributed by atoms with van der Waals surface area (Å²) in [6.45, 7) is 1.77. The van der Waals surface area contributed by atoms with Crippen molar-refractivity contribution in [3.05, 3.63) is 93.2 Å². The standard InChI is InChI=1S/C23H25N3O3/c1-29-18-9-5-6-16(12-18)13-22-24-20-10-11-26(14-19(20)23(28)25-22)15-21(27)17-7-3-2-4-8-17/h2-9,12,21,27H,10-11,13-15H2,1H3,(H,24,25,28)/t21-/m1/s1. The lowest BCUT2D eigenvalue weighted by atomic mass is 10.0. The van der Waals surface area contributed by atoms with Crippen LogP contribution in [0.5, 0.6) is 5.75 Å². The lowest BCUT2D eigenvalue weighted by molar-refractivity contribution is 0.105. The Morgan fingerprint density at radius 1 is 1.21 bits per heavy atom. The van der Waals surface area contributed by atoms with Crippen LogP contribution in [0.3, 0.4) is 0 Å². The summed E-state index contributed by atoms with van der Waals surface area (Å²) in [5.74, 6) is 1.45. The number of rotatable bonds is 6. The molecule has 1 aromatic heterocycles. The molecule has 0 amide bonds. The quantitative estimate of drug-likeness (QED) is 0.675. The minimum atomic E-state index is -0.572. The number of H-pyrrole nitrogens is 1. The number of nitrogens with zero attached hydrogens (tertiary/aromatic N) is 2. The van der Waals surface area contributed by atoms with Gasteiger partial charge in [0.25, 0.3) is 5.56 Å². The molecule has 1 aliphatic rings. The summed E-state index contributed by atoms with van der Waals surface area (Å²) in [6.07, 6.45) is 0.680. The molecule has 2 aromatic carbocycles. The van der Waals surface area contributed by atoms with Gasteiger partial charge in [-0.2, -0.15) is 0 Å². The second-order valence-corrected chi connectivity index (χ2v) is 7.38. The summed E-state index contributed by atoms with van der Waals surface area (Å²) < 4.78 is 5.26. The van der Waals surface area contributed by atoms with E-state index in [9.17, 15) is 9.90 Å². The van der Waals surface area contributed by atoms with E-state index in [1.54, 1.807) is 7.11 Å². The molecule has 3 aromatic rings. The minimum Gasteiger partial charge on any atom is -0.497 e. The molecule has 2 heterocycles. The van der Waals surface area contributed by atoms with Crippen LogP contribution in [0.1, 0.15) is 34.3 Å². The van der Waals surface area contributed by atoms with Crippen molar-refractivity contribution < 1.29 is 9.84 Å². The fraction of sp³-hybridized carbons (Fsp3) is 0.304. The number of hydrogen-bond acceptors (Lipinski definition) is 5. The average Bonchev–Trinajstić information content (AvgIpc) is 2.75. The van der Waals surface area contributed by atoms with Gasteiger partial charge in [-0.05, 0) is 23.3 Å². The van der Waals surface area contributed by atoms with E-state index in [0.717, 1.165) is 29.1 Å². The van der Waals surface area contributed by atoms with Crippen molar-refractivity contribution in [2.75, 3.05) is 20.2 Å². The third-order valence-electron chi connectivity index (χ3n) is 5.32. The van der Waals surface area contributed by atoms with Gasteiger partial charge in [-0.3, -0.25) is 9.69 Å². The van der Waals surface area contributed by atoms with Gasteiger partial charge >= 0.3 is 0 Å². The van der Waals surface area contributed by atoms with E-state index in [-0.39, 0.29) is 5.56 Å². The normalized spacial score (nSPS) is 15.0. The molecule has 1 atom stereocenters. The van der Waals surface area contributed by atoms with Gasteiger partial charge in [-0.1, -0.05) is 42.5 Å². The Hall–Kier alpha value is -2.96. The number of aromatic nitrogens is 2. The molecule has 6 nitrogen and oxygen atoms in total. The van der Waals surface area contributed by atoms with Gasteiger partial charge in [-0.25, -0.2) is 4.98 Å². The molecule has 4 rings (SSSR count). The molecule has 0 radical (unpaired) electrons. The molecule has 150 valence electrons. The Balaban J connectivity index is 1.47. The molecule has 0 spiro atoms. The fourth-order valence-corrected chi connectivity index (χ4v) is 3.77. The molecular formula is C23H25N3O3. The Kier molecular flexibility index (Phi) is 5.74. The molecule has 0 saturated heterocycles. The molecule has 0 aliphatic carbocycles. The number of nitrogens with one attached hydrogen (secondary N) is 1. The van der Waals surface area contributed by atoms with E-state index in [0.29, 0.717) is 37.3 Å². The van der Waals surface area contributed by atoms with E-state index >= 15 is 0 Å². The molecular weight excluding hydrogens is 366 g/mol. The lowest BCUT2D eigenvalue weighted by Gasteiger charge is -2.29. The SMILES string of the molecule is COc1cccc(Cc2nc3c(c(=O)[nH]2)CN(C[C@@H](O)c2ccccc2)CC3)c1. The first-order valence-electron chi connectivity index (χ1n) is 9.81. The van der Waals surface area contributed by atoms with E-state index in [1.807, 2.05) is 54.6 Å². The topological polar surface area (TPSA) is 78.5 Å². The van der Waals surface area contributed by atoms with Crippen LogP contribution in [0.15, 0.2) is 59.4 Å². The monoisotopic (exact) mass is 391 g/mol. The first kappa shape index (κ1) is 19.4. The first-order chi connectivity index (χ1) is 14.1. The Morgan fingerprint density at radius 3 is 2.83 bits per heavy atom. The summed E-state index contributed by atoms with van der Waals surface area (Å²) in [7, 11) is 1.64. The maximum absolute atomic E-state index is 12.7. The zero-order chi connectivity index (χ0) is 20.2. The summed E-state index contributed by atoms with van der Waals surface area (Å²) in [4.78, 5) is 22.4. The average molecular weight is 391 g/mol. The highest BCUT2D eigenvalue weighted by molar-refractivity contribution is 5.31. The van der Waals surface area contributed by atoms with Crippen LogP contribution >= 0.6 is 0 Å². The predicted molar refractivity (Wildman–Crippen MR) is 111 cm³/mol. The summed E-state index contributed by atoms with van der Waals surface area (Å²) in [6, 6.07) is 17.4. The van der Waals surface area contributed by atoms with E-state index in [1.165, 1.54) is 0 Å². The molecule has 29 heavy (non-hydrogen) atoms. The second-order valence-electron chi connectivity index (χ2n) is 7.38. The van der Waals surface area contributed by atoms with Crippen molar-refractivity contribution in [2.45, 2.75) is 25.5 Å². The maximum Gasteiger partial charge on any atom is 0.255 e. The van der Waals surface area contributed by atoms with Crippen LogP contribution in [0.2, 0.25) is 0 Å². The number of aliphatic hydroxyl groups is 1. The van der Waals surface area contributed by atoms with Gasteiger partial charge in [-0.15, -0.1) is 0 Å². The fourth-order valence-electron chi connectivity index (χ4n) is 3.77. The van der Waals surface area contributed by atoms with Gasteiger partial charge in [0.15, 0.2) is 0 Å². The molecule has 6 heteroatoms. The third kappa shape index (κ3) is 4.55. The number of aromatic amines is 1. The zero-order valence-electron chi connectivity index (χ0n) is 16.5. The van der Waals surface area contributed by atoms with Crippen molar-refractivity contribution in [3.8, 4) is 5.75 Å². The number of aliphatic hydroxyl groups excluding tert-OH is 1. The van der Waals surface area contributed by atoms with Crippen molar-refractivity contribution in [3.63, 3.8) is 0 Å². The van der Waals surface area contributed by atoms with Crippen LogP contribution in [-0.4, -0.2) is 40.2 Å². The van der Waals surface area contributed by atoms with Crippen LogP contribution in [0.25, 0.3) is 0 Å². The van der Waals surface area contributed by atoms with Crippen molar-refractivity contribution in [1.29, 1.82) is 0 Å². The highest BCUT2D eigenvalue weighted by atomic mass is 16.5. The number of β-amino-alcohol motifs (C(OH)–C–C–N with tert-alkyl or cyclic N) is 1. The van der Waals surface area contributed by atoms with Gasteiger partial charge in [0.1, 0.15) is 11.6 Å². The second kappa shape index (κ2) is 8.59. The van der Waals surface area contributed by atoms with E-state index in [4.69, 9.17) is 9.72 Å². The van der Waals surface area contributed by atoms with Gasteiger partial charge in [0.05, 0.1) is 24.5 Å². The Labute approximate surface area is 169 Å². The molecule has 2 N–H and O–H groups in total. The minimum absolute atomic E-state index is 0.0909. The largest absolute Gasteiger partial charge is 0.497 e. The molecule has 1 aliphatic heterocycles. The maximum atomic E-state index is 12.7. The van der Waals surface area contributed by atoms with Crippen LogP contribution < -0.4 is 10.3 Å². The first-order valence-corrected chi connectivity index (χ1v) is 9.81. The Morgan fingerprint density at radius 2 is 2.03 bits per heavy atom. The van der Waals surface area contributed by atoms with Crippen molar-refractivity contribution in [2.24, 2.45) is 0 Å². The van der Waals surface area contributed by atoms with E-state index in [2.05, 4.69) is 9.88 Å². The number of ether oxygens (including phenoxy) is 1. The van der Waals surface area contributed by atoms with Crippen LogP contribution in [-0.2, 0) is 19.4 Å². The molecule has 0 bridgehead atoms. The van der Waals surface area contributed by atoms with Gasteiger partial charge in [0, 0.05) is 32.5 Å². The smallest absolute Gasteiger partial charge is 0.255 e. The molecule has 0 fully saturated rings. The predicted octanol–water partition coefficient (Wildman–Crippen LogP) is 2.46. The van der Waals surface area contributed by atoms with Gasteiger partial charge in [0.2, 0.25) is 0 Å². The Bertz CT molecular complexity index is 1030. The summed E-state index contributed by atoms with van der Waals surface area (Å²) in [5.41, 5.74) is 3.39. The number of hydrogen-bond donors (Lipinski definition) is 2. The molecule has 0 saturated carbocycles. The van der Waals surface area contributed by atoms with E-state index < -0.39 is 6.10 Å². The number of fused-ring (bicyclic) bond motifs is 1. The van der Waals surface area contributed by atoms with Crippen molar-refractivity contribution >= 4 is 0 Å². The highest BCUT2D eigenvalue weighted by Gasteiger charge is 2.23. The number of benzene rings is 2. The summed E-state index contributed by atoms with van der Waals surface area (Å²) in [5, 5.41) is 10.5. The van der Waals surface area contributed by atoms with Gasteiger partial charge < -0.3 is 14.8 Å². The van der Waals surface area contributed by atoms with Crippen molar-refractivity contribution in [1.82, 2.24) is 14.9 Å². The zero-order valence-corrected chi connectivity index (χ0v) is 16.5. The summed E-state index contributed by atoms with van der Waals surface area (Å²) >= 11 is 0. The van der Waals surface area contributed by atoms with Crippen LogP contribution in [0, 0.1) is 0 Å².